The van der Waals surface area contributed by atoms with Crippen LogP contribution in [0.1, 0.15) is 26.6 Å². The number of anilines is 1. The molecule has 2 aromatic heterocycles. The van der Waals surface area contributed by atoms with Crippen LogP contribution >= 0.6 is 0 Å². The summed E-state index contributed by atoms with van der Waals surface area (Å²) in [5.74, 6) is -0.671. The van der Waals surface area contributed by atoms with Gasteiger partial charge in [0.05, 0.1) is 18.3 Å². The number of aromatic nitrogens is 1. The second-order valence-electron chi connectivity index (χ2n) is 7.61. The van der Waals surface area contributed by atoms with Crippen molar-refractivity contribution in [2.24, 2.45) is 7.05 Å². The molecule has 0 saturated heterocycles. The summed E-state index contributed by atoms with van der Waals surface area (Å²) in [7, 11) is 3.21. The number of methoxy groups -OCH3 is 1. The number of furan rings is 1. The predicted octanol–water partition coefficient (Wildman–Crippen LogP) is 5.56. The number of ether oxygens (including phenoxy) is 1. The molecule has 3 aromatic carbocycles. The minimum absolute atomic E-state index is 0.0163. The summed E-state index contributed by atoms with van der Waals surface area (Å²) in [4.78, 5) is 26.6. The highest BCUT2D eigenvalue weighted by Crippen LogP contribution is 2.33. The number of hydrogen-bond donors (Lipinski definition) is 1. The average molecular weight is 442 g/mol. The van der Waals surface area contributed by atoms with Gasteiger partial charge in [-0.05, 0) is 48.5 Å². The lowest BCUT2D eigenvalue weighted by atomic mass is 10.1. The first-order valence-corrected chi connectivity index (χ1v) is 10.2. The van der Waals surface area contributed by atoms with Crippen LogP contribution in [0.15, 0.2) is 77.2 Å². The standard InChI is InChI=1S/C26H19FN2O4/c1-29-20-14-17(27)11-10-15(20)13-21(29)26(31)28-23-19-8-3-4-9-22(19)33-25(23)24(30)16-6-5-7-18(12-16)32-2/h3-14H,1-2H3,(H,28,31). The molecule has 33 heavy (non-hydrogen) atoms. The summed E-state index contributed by atoms with van der Waals surface area (Å²) >= 11 is 0. The third kappa shape index (κ3) is 3.53. The summed E-state index contributed by atoms with van der Waals surface area (Å²) in [5, 5.41) is 4.18. The van der Waals surface area contributed by atoms with E-state index in [-0.39, 0.29) is 23.0 Å². The average Bonchev–Trinajstić information content (AvgIpc) is 3.36. The largest absolute Gasteiger partial charge is 0.497 e. The van der Waals surface area contributed by atoms with Gasteiger partial charge >= 0.3 is 0 Å². The Morgan fingerprint density at radius 1 is 1.00 bits per heavy atom. The van der Waals surface area contributed by atoms with Gasteiger partial charge in [0.25, 0.3) is 5.91 Å². The summed E-state index contributed by atoms with van der Waals surface area (Å²) < 4.78 is 26.4. The van der Waals surface area contributed by atoms with Gasteiger partial charge in [-0.25, -0.2) is 4.39 Å². The smallest absolute Gasteiger partial charge is 0.272 e. The van der Waals surface area contributed by atoms with Gasteiger partial charge in [-0.1, -0.05) is 24.3 Å². The Bertz CT molecular complexity index is 1550. The maximum absolute atomic E-state index is 13.7. The van der Waals surface area contributed by atoms with E-state index in [4.69, 9.17) is 9.15 Å². The summed E-state index contributed by atoms with van der Waals surface area (Å²) in [6.07, 6.45) is 0. The van der Waals surface area contributed by atoms with Gasteiger partial charge in [0, 0.05) is 23.4 Å². The van der Waals surface area contributed by atoms with E-state index in [1.807, 2.05) is 0 Å². The second-order valence-corrected chi connectivity index (χ2v) is 7.61. The lowest BCUT2D eigenvalue weighted by molar-refractivity contribution is 0.101. The summed E-state index contributed by atoms with van der Waals surface area (Å²) in [6, 6.07) is 19.8. The molecule has 0 aliphatic heterocycles. The monoisotopic (exact) mass is 442 g/mol. The van der Waals surface area contributed by atoms with Gasteiger partial charge in [-0.15, -0.1) is 0 Å². The highest BCUT2D eigenvalue weighted by molar-refractivity contribution is 6.19. The van der Waals surface area contributed by atoms with Crippen molar-refractivity contribution in [2.75, 3.05) is 12.4 Å². The van der Waals surface area contributed by atoms with E-state index >= 15 is 0 Å². The minimum Gasteiger partial charge on any atom is -0.497 e. The van der Waals surface area contributed by atoms with Gasteiger partial charge in [0.2, 0.25) is 5.78 Å². The highest BCUT2D eigenvalue weighted by Gasteiger charge is 2.25. The molecule has 2 heterocycles. The molecule has 0 aliphatic carbocycles. The Hall–Kier alpha value is -4.39. The zero-order valence-corrected chi connectivity index (χ0v) is 17.9. The molecule has 0 spiro atoms. The zero-order chi connectivity index (χ0) is 23.1. The SMILES string of the molecule is COc1cccc(C(=O)c2oc3ccccc3c2NC(=O)c2cc3ccc(F)cc3n2C)c1. The molecular formula is C26H19FN2O4. The molecular weight excluding hydrogens is 423 g/mol. The van der Waals surface area contributed by atoms with Crippen molar-refractivity contribution in [3.63, 3.8) is 0 Å². The van der Waals surface area contributed by atoms with Crippen LogP contribution in [0, 0.1) is 5.82 Å². The molecule has 0 saturated carbocycles. The van der Waals surface area contributed by atoms with Crippen molar-refractivity contribution in [3.05, 3.63) is 95.6 Å². The molecule has 5 aromatic rings. The Morgan fingerprint density at radius 3 is 2.64 bits per heavy atom. The van der Waals surface area contributed by atoms with Crippen LogP contribution in [0.2, 0.25) is 0 Å². The molecule has 0 aliphatic rings. The third-order valence-electron chi connectivity index (χ3n) is 5.61. The lowest BCUT2D eigenvalue weighted by Crippen LogP contribution is -2.17. The number of ketones is 1. The topological polar surface area (TPSA) is 73.5 Å². The van der Waals surface area contributed by atoms with Crippen molar-refractivity contribution >= 4 is 39.2 Å². The van der Waals surface area contributed by atoms with Crippen LogP contribution in [-0.4, -0.2) is 23.4 Å². The quantitative estimate of drug-likeness (QED) is 0.362. The number of carbonyl (C=O) groups excluding carboxylic acids is 2. The van der Waals surface area contributed by atoms with Crippen molar-refractivity contribution in [1.29, 1.82) is 0 Å². The Balaban J connectivity index is 1.59. The van der Waals surface area contributed by atoms with Crippen LogP contribution in [0.4, 0.5) is 10.1 Å². The fraction of sp³-hybridized carbons (Fsp3) is 0.0769. The molecule has 0 radical (unpaired) electrons. The lowest BCUT2D eigenvalue weighted by Gasteiger charge is -2.08. The van der Waals surface area contributed by atoms with E-state index < -0.39 is 5.91 Å². The number of benzene rings is 3. The van der Waals surface area contributed by atoms with Gasteiger partial charge in [-0.2, -0.15) is 0 Å². The second kappa shape index (κ2) is 7.94. The molecule has 6 nitrogen and oxygen atoms in total. The third-order valence-corrected chi connectivity index (χ3v) is 5.61. The number of carbonyl (C=O) groups is 2. The van der Waals surface area contributed by atoms with E-state index in [1.165, 1.54) is 19.2 Å². The first-order valence-electron chi connectivity index (χ1n) is 10.2. The Morgan fingerprint density at radius 2 is 1.82 bits per heavy atom. The normalized spacial score (nSPS) is 11.1. The number of hydrogen-bond acceptors (Lipinski definition) is 4. The minimum atomic E-state index is -0.444. The molecule has 5 rings (SSSR count). The zero-order valence-electron chi connectivity index (χ0n) is 17.9. The van der Waals surface area contributed by atoms with Crippen molar-refractivity contribution in [2.45, 2.75) is 0 Å². The van der Waals surface area contributed by atoms with E-state index in [1.54, 1.807) is 72.3 Å². The molecule has 7 heteroatoms. The molecule has 164 valence electrons. The molecule has 0 atom stereocenters. The van der Waals surface area contributed by atoms with E-state index in [0.29, 0.717) is 33.5 Å². The highest BCUT2D eigenvalue weighted by atomic mass is 19.1. The number of halogens is 1. The molecule has 1 amide bonds. The number of rotatable bonds is 5. The fourth-order valence-corrected chi connectivity index (χ4v) is 3.92. The van der Waals surface area contributed by atoms with E-state index in [9.17, 15) is 14.0 Å². The van der Waals surface area contributed by atoms with E-state index in [0.717, 1.165) is 5.39 Å². The van der Waals surface area contributed by atoms with Crippen molar-refractivity contribution in [1.82, 2.24) is 4.57 Å². The number of fused-ring (bicyclic) bond motifs is 2. The Labute approximate surface area is 188 Å². The number of amides is 1. The maximum atomic E-state index is 13.7. The van der Waals surface area contributed by atoms with Crippen LogP contribution < -0.4 is 10.1 Å². The Kier molecular flexibility index (Phi) is 4.94. The first kappa shape index (κ1) is 20.5. The van der Waals surface area contributed by atoms with Crippen LogP contribution in [0.5, 0.6) is 5.75 Å². The number of nitrogens with zero attached hydrogens (tertiary/aromatic N) is 1. The number of aryl methyl sites for hydroxylation is 1. The van der Waals surface area contributed by atoms with Crippen LogP contribution in [0.3, 0.4) is 0 Å². The molecule has 1 N–H and O–H groups in total. The number of para-hydroxylation sites is 1. The van der Waals surface area contributed by atoms with Gasteiger partial charge in [0.15, 0.2) is 5.76 Å². The molecule has 0 fully saturated rings. The predicted molar refractivity (Wildman–Crippen MR) is 123 cm³/mol. The van der Waals surface area contributed by atoms with Gasteiger partial charge in [0.1, 0.15) is 22.8 Å². The maximum Gasteiger partial charge on any atom is 0.272 e. The fourth-order valence-electron chi connectivity index (χ4n) is 3.92. The molecule has 0 unspecified atom stereocenters. The summed E-state index contributed by atoms with van der Waals surface area (Å²) in [5.41, 5.74) is 2.02. The van der Waals surface area contributed by atoms with Crippen molar-refractivity contribution in [3.8, 4) is 5.75 Å². The van der Waals surface area contributed by atoms with Gasteiger partial charge < -0.3 is 19.0 Å². The molecule has 0 bridgehead atoms. The van der Waals surface area contributed by atoms with Gasteiger partial charge in [-0.3, -0.25) is 9.59 Å². The van der Waals surface area contributed by atoms with Crippen LogP contribution in [0.25, 0.3) is 21.9 Å². The van der Waals surface area contributed by atoms with Crippen molar-refractivity contribution < 1.29 is 23.1 Å². The van der Waals surface area contributed by atoms with Crippen LogP contribution in [-0.2, 0) is 7.05 Å². The summed E-state index contributed by atoms with van der Waals surface area (Å²) in [6.45, 7) is 0. The van der Waals surface area contributed by atoms with E-state index in [2.05, 4.69) is 5.32 Å². The number of nitrogens with one attached hydrogen (secondary N) is 1. The first-order chi connectivity index (χ1) is 16.0.